The molecule has 1 atom stereocenters. The minimum atomic E-state index is 0. The van der Waals surface area contributed by atoms with Gasteiger partial charge in [-0.1, -0.05) is 35.5 Å². The SMILES string of the molecule is CCNC(=NCc1noc(C)n1)NCCCOC(C)c1ccccc1.I. The van der Waals surface area contributed by atoms with Crippen LogP contribution in [-0.2, 0) is 11.3 Å². The molecule has 1 heterocycles. The van der Waals surface area contributed by atoms with Crippen LogP contribution >= 0.6 is 24.0 Å². The summed E-state index contributed by atoms with van der Waals surface area (Å²) in [5.41, 5.74) is 1.20. The third kappa shape index (κ3) is 8.13. The monoisotopic (exact) mass is 473 g/mol. The van der Waals surface area contributed by atoms with E-state index >= 15 is 0 Å². The maximum Gasteiger partial charge on any atom is 0.223 e. The van der Waals surface area contributed by atoms with Gasteiger partial charge in [0.05, 0.1) is 6.10 Å². The summed E-state index contributed by atoms with van der Waals surface area (Å²) in [6.45, 7) is 8.50. The molecule has 26 heavy (non-hydrogen) atoms. The minimum Gasteiger partial charge on any atom is -0.374 e. The van der Waals surface area contributed by atoms with E-state index in [2.05, 4.69) is 44.8 Å². The van der Waals surface area contributed by atoms with E-state index in [1.165, 1.54) is 5.56 Å². The minimum absolute atomic E-state index is 0. The van der Waals surface area contributed by atoms with E-state index in [-0.39, 0.29) is 30.1 Å². The number of ether oxygens (including phenoxy) is 1. The first-order chi connectivity index (χ1) is 12.2. The highest BCUT2D eigenvalue weighted by Gasteiger charge is 2.05. The highest BCUT2D eigenvalue weighted by Crippen LogP contribution is 2.15. The van der Waals surface area contributed by atoms with Crippen molar-refractivity contribution in [1.29, 1.82) is 0 Å². The van der Waals surface area contributed by atoms with Gasteiger partial charge < -0.3 is 19.9 Å². The molecule has 0 fully saturated rings. The van der Waals surface area contributed by atoms with Crippen LogP contribution in [0.25, 0.3) is 0 Å². The van der Waals surface area contributed by atoms with Crippen LogP contribution < -0.4 is 10.6 Å². The first-order valence-corrected chi connectivity index (χ1v) is 8.67. The van der Waals surface area contributed by atoms with Gasteiger partial charge in [0, 0.05) is 26.6 Å². The Labute approximate surface area is 172 Å². The van der Waals surface area contributed by atoms with Gasteiger partial charge in [0.1, 0.15) is 6.54 Å². The summed E-state index contributed by atoms with van der Waals surface area (Å²) in [7, 11) is 0. The fourth-order valence-electron chi connectivity index (χ4n) is 2.26. The Hall–Kier alpha value is -1.68. The van der Waals surface area contributed by atoms with Crippen molar-refractivity contribution in [3.8, 4) is 0 Å². The fraction of sp³-hybridized carbons (Fsp3) is 0.500. The van der Waals surface area contributed by atoms with Gasteiger partial charge in [-0.05, 0) is 25.8 Å². The molecule has 7 nitrogen and oxygen atoms in total. The molecule has 0 bridgehead atoms. The highest BCUT2D eigenvalue weighted by molar-refractivity contribution is 14.0. The van der Waals surface area contributed by atoms with Gasteiger partial charge in [-0.2, -0.15) is 4.98 Å². The highest BCUT2D eigenvalue weighted by atomic mass is 127. The first kappa shape index (κ1) is 22.4. The molecule has 0 aliphatic carbocycles. The van der Waals surface area contributed by atoms with Crippen LogP contribution in [0.4, 0.5) is 0 Å². The molecule has 0 saturated carbocycles. The summed E-state index contributed by atoms with van der Waals surface area (Å²) in [6.07, 6.45) is 0.993. The number of nitrogens with one attached hydrogen (secondary N) is 2. The molecule has 2 aromatic rings. The molecule has 8 heteroatoms. The predicted molar refractivity (Wildman–Crippen MR) is 113 cm³/mol. The van der Waals surface area contributed by atoms with Crippen LogP contribution in [0.3, 0.4) is 0 Å². The standard InChI is InChI=1S/C18H27N5O2.HI/c1-4-19-18(21-13-17-22-15(3)25-23-17)20-11-8-12-24-14(2)16-9-6-5-7-10-16;/h5-7,9-10,14H,4,8,11-13H2,1-3H3,(H2,19,20,21);1H. The largest absolute Gasteiger partial charge is 0.374 e. The lowest BCUT2D eigenvalue weighted by Crippen LogP contribution is -2.38. The van der Waals surface area contributed by atoms with Crippen molar-refractivity contribution < 1.29 is 9.26 Å². The van der Waals surface area contributed by atoms with Crippen LogP contribution in [0, 0.1) is 6.92 Å². The lowest BCUT2D eigenvalue weighted by atomic mass is 10.1. The number of nitrogens with zero attached hydrogens (tertiary/aromatic N) is 3. The number of aliphatic imine (C=N–C) groups is 1. The Kier molecular flexibility index (Phi) is 10.9. The molecular formula is C18H28IN5O2. The topological polar surface area (TPSA) is 84.6 Å². The number of hydrogen-bond donors (Lipinski definition) is 2. The van der Waals surface area contributed by atoms with E-state index in [0.29, 0.717) is 24.9 Å². The normalized spacial score (nSPS) is 12.3. The molecule has 0 aliphatic heterocycles. The van der Waals surface area contributed by atoms with Gasteiger partial charge in [-0.3, -0.25) is 0 Å². The Bertz CT molecular complexity index is 648. The Morgan fingerprint density at radius 2 is 2.04 bits per heavy atom. The summed E-state index contributed by atoms with van der Waals surface area (Å²) in [4.78, 5) is 8.59. The van der Waals surface area contributed by atoms with Crippen molar-refractivity contribution in [2.45, 2.75) is 39.8 Å². The van der Waals surface area contributed by atoms with Crippen LogP contribution in [0.2, 0.25) is 0 Å². The molecule has 0 aliphatic rings. The lowest BCUT2D eigenvalue weighted by Gasteiger charge is -2.14. The molecule has 0 radical (unpaired) electrons. The number of rotatable bonds is 9. The van der Waals surface area contributed by atoms with Gasteiger partial charge in [0.25, 0.3) is 0 Å². The van der Waals surface area contributed by atoms with Crippen molar-refractivity contribution in [1.82, 2.24) is 20.8 Å². The number of aryl methyl sites for hydroxylation is 1. The predicted octanol–water partition coefficient (Wildman–Crippen LogP) is 3.22. The Balaban J connectivity index is 0.00000338. The number of hydrogen-bond acceptors (Lipinski definition) is 5. The molecule has 1 aromatic heterocycles. The molecule has 2 N–H and O–H groups in total. The molecule has 2 rings (SSSR count). The number of benzene rings is 1. The third-order valence-electron chi connectivity index (χ3n) is 3.54. The summed E-state index contributed by atoms with van der Waals surface area (Å²) < 4.78 is 10.8. The second-order valence-corrected chi connectivity index (χ2v) is 5.63. The summed E-state index contributed by atoms with van der Waals surface area (Å²) in [5, 5.41) is 10.3. The molecule has 0 amide bonds. The Morgan fingerprint density at radius 1 is 1.27 bits per heavy atom. The maximum absolute atomic E-state index is 5.87. The van der Waals surface area contributed by atoms with E-state index in [9.17, 15) is 0 Å². The molecular weight excluding hydrogens is 445 g/mol. The second-order valence-electron chi connectivity index (χ2n) is 5.63. The van der Waals surface area contributed by atoms with Crippen LogP contribution in [0.5, 0.6) is 0 Å². The van der Waals surface area contributed by atoms with E-state index in [1.807, 2.05) is 25.1 Å². The average molecular weight is 473 g/mol. The molecule has 1 unspecified atom stereocenters. The van der Waals surface area contributed by atoms with Gasteiger partial charge in [0.2, 0.25) is 5.89 Å². The summed E-state index contributed by atoms with van der Waals surface area (Å²) >= 11 is 0. The second kappa shape index (κ2) is 12.6. The van der Waals surface area contributed by atoms with Crippen molar-refractivity contribution in [3.63, 3.8) is 0 Å². The fourth-order valence-corrected chi connectivity index (χ4v) is 2.26. The van der Waals surface area contributed by atoms with Crippen molar-refractivity contribution in [2.24, 2.45) is 4.99 Å². The zero-order valence-corrected chi connectivity index (χ0v) is 17.9. The molecule has 0 spiro atoms. The van der Waals surface area contributed by atoms with Gasteiger partial charge in [-0.15, -0.1) is 24.0 Å². The van der Waals surface area contributed by atoms with Gasteiger partial charge in [0.15, 0.2) is 11.8 Å². The van der Waals surface area contributed by atoms with E-state index < -0.39 is 0 Å². The van der Waals surface area contributed by atoms with E-state index in [0.717, 1.165) is 25.5 Å². The zero-order chi connectivity index (χ0) is 17.9. The average Bonchev–Trinajstić information content (AvgIpc) is 3.05. The van der Waals surface area contributed by atoms with Crippen LogP contribution in [0.15, 0.2) is 39.8 Å². The molecule has 0 saturated heterocycles. The first-order valence-electron chi connectivity index (χ1n) is 8.67. The number of halogens is 1. The zero-order valence-electron chi connectivity index (χ0n) is 15.6. The molecule has 1 aromatic carbocycles. The maximum atomic E-state index is 5.87. The smallest absolute Gasteiger partial charge is 0.223 e. The quantitative estimate of drug-likeness (QED) is 0.252. The lowest BCUT2D eigenvalue weighted by molar-refractivity contribution is 0.0646. The number of guanidine groups is 1. The van der Waals surface area contributed by atoms with Crippen molar-refractivity contribution in [3.05, 3.63) is 47.6 Å². The van der Waals surface area contributed by atoms with Crippen molar-refractivity contribution in [2.75, 3.05) is 19.7 Å². The van der Waals surface area contributed by atoms with Gasteiger partial charge >= 0.3 is 0 Å². The van der Waals surface area contributed by atoms with Crippen LogP contribution in [-0.4, -0.2) is 35.8 Å². The van der Waals surface area contributed by atoms with E-state index in [1.54, 1.807) is 6.92 Å². The molecule has 144 valence electrons. The van der Waals surface area contributed by atoms with Crippen molar-refractivity contribution >= 4 is 29.9 Å². The third-order valence-corrected chi connectivity index (χ3v) is 3.54. The van der Waals surface area contributed by atoms with Gasteiger partial charge in [-0.25, -0.2) is 4.99 Å². The Morgan fingerprint density at radius 3 is 2.69 bits per heavy atom. The van der Waals surface area contributed by atoms with Crippen LogP contribution in [0.1, 0.15) is 43.7 Å². The summed E-state index contributed by atoms with van der Waals surface area (Å²) in [6, 6.07) is 10.2. The van der Waals surface area contributed by atoms with E-state index in [4.69, 9.17) is 9.26 Å². The number of aromatic nitrogens is 2. The summed E-state index contributed by atoms with van der Waals surface area (Å²) in [5.74, 6) is 1.86.